The number of fused-ring (bicyclic) bond motifs is 1. The molecule has 0 aliphatic carbocycles. The van der Waals surface area contributed by atoms with E-state index >= 15 is 0 Å². The van der Waals surface area contributed by atoms with Crippen LogP contribution in [0.15, 0.2) is 73.2 Å². The Morgan fingerprint density at radius 1 is 0.971 bits per heavy atom. The zero-order valence-electron chi connectivity index (χ0n) is 18.9. The summed E-state index contributed by atoms with van der Waals surface area (Å²) in [7, 11) is 0. The third-order valence-corrected chi connectivity index (χ3v) is 6.06. The third-order valence-electron chi connectivity index (χ3n) is 6.06. The summed E-state index contributed by atoms with van der Waals surface area (Å²) in [5.41, 5.74) is 4.33. The van der Waals surface area contributed by atoms with E-state index in [1.165, 1.54) is 0 Å². The van der Waals surface area contributed by atoms with E-state index in [0.29, 0.717) is 18.8 Å². The van der Waals surface area contributed by atoms with Crippen LogP contribution in [0.25, 0.3) is 16.9 Å². The van der Waals surface area contributed by atoms with Crippen molar-refractivity contribution >= 4 is 34.3 Å². The molecule has 4 aromatic rings. The molecule has 2 aromatic heterocycles. The Bertz CT molecular complexity index is 1330. The number of hydrogen-bond donors (Lipinski definition) is 2. The lowest BCUT2D eigenvalue weighted by Crippen LogP contribution is -2.45. The standard InChI is InChI=1S/C26H26N6O2/c1-18-6-4-8-20(14-18)30-26(34)31-13-5-7-19(16-31)25(33)29-21-11-12-24(27-15-21)32-17-28-22-9-2-3-10-23(22)32/h2-4,6,8-12,14-15,17,19H,5,7,13,16H2,1H3,(H,29,33)(H,30,34). The molecule has 34 heavy (non-hydrogen) atoms. The maximum absolute atomic E-state index is 12.9. The summed E-state index contributed by atoms with van der Waals surface area (Å²) >= 11 is 0. The SMILES string of the molecule is Cc1cccc(NC(=O)N2CCCC(C(=O)Nc3ccc(-n4cnc5ccccc54)nc3)C2)c1. The van der Waals surface area contributed by atoms with Gasteiger partial charge in [0.1, 0.15) is 12.1 Å². The lowest BCUT2D eigenvalue weighted by Gasteiger charge is -2.32. The molecule has 0 radical (unpaired) electrons. The lowest BCUT2D eigenvalue weighted by molar-refractivity contribution is -0.121. The van der Waals surface area contributed by atoms with Crippen molar-refractivity contribution in [2.24, 2.45) is 5.92 Å². The van der Waals surface area contributed by atoms with Gasteiger partial charge >= 0.3 is 6.03 Å². The van der Waals surface area contributed by atoms with Crippen molar-refractivity contribution in [3.05, 3.63) is 78.8 Å². The largest absolute Gasteiger partial charge is 0.324 e. The number of anilines is 2. The molecule has 2 N–H and O–H groups in total. The maximum atomic E-state index is 12.9. The number of carbonyl (C=O) groups is 2. The number of carbonyl (C=O) groups excluding carboxylic acids is 2. The van der Waals surface area contributed by atoms with Crippen LogP contribution in [0.5, 0.6) is 0 Å². The maximum Gasteiger partial charge on any atom is 0.321 e. The average Bonchev–Trinajstić information content (AvgIpc) is 3.29. The minimum Gasteiger partial charge on any atom is -0.324 e. The number of nitrogens with zero attached hydrogens (tertiary/aromatic N) is 4. The van der Waals surface area contributed by atoms with Crippen molar-refractivity contribution in [1.82, 2.24) is 19.4 Å². The van der Waals surface area contributed by atoms with E-state index in [0.717, 1.165) is 40.9 Å². The zero-order chi connectivity index (χ0) is 23.5. The van der Waals surface area contributed by atoms with E-state index in [-0.39, 0.29) is 17.9 Å². The van der Waals surface area contributed by atoms with Crippen molar-refractivity contribution in [3.63, 3.8) is 0 Å². The molecule has 3 amide bonds. The van der Waals surface area contributed by atoms with Crippen molar-refractivity contribution < 1.29 is 9.59 Å². The first kappa shape index (κ1) is 21.6. The summed E-state index contributed by atoms with van der Waals surface area (Å²) in [4.78, 5) is 36.2. The number of aromatic nitrogens is 3. The van der Waals surface area contributed by atoms with Gasteiger partial charge < -0.3 is 15.5 Å². The fourth-order valence-electron chi connectivity index (χ4n) is 4.29. The monoisotopic (exact) mass is 454 g/mol. The average molecular weight is 455 g/mol. The van der Waals surface area contributed by atoms with Gasteiger partial charge in [-0.1, -0.05) is 24.3 Å². The molecule has 2 aromatic carbocycles. The summed E-state index contributed by atoms with van der Waals surface area (Å²) in [6, 6.07) is 19.0. The highest BCUT2D eigenvalue weighted by atomic mass is 16.2. The first-order valence-electron chi connectivity index (χ1n) is 11.4. The van der Waals surface area contributed by atoms with Crippen LogP contribution < -0.4 is 10.6 Å². The fourth-order valence-corrected chi connectivity index (χ4v) is 4.29. The topological polar surface area (TPSA) is 92.2 Å². The number of hydrogen-bond acceptors (Lipinski definition) is 4. The van der Waals surface area contributed by atoms with Gasteiger partial charge in [0, 0.05) is 18.8 Å². The van der Waals surface area contributed by atoms with Gasteiger partial charge in [0.25, 0.3) is 0 Å². The smallest absolute Gasteiger partial charge is 0.321 e. The highest BCUT2D eigenvalue weighted by Gasteiger charge is 2.28. The number of benzene rings is 2. The highest BCUT2D eigenvalue weighted by Crippen LogP contribution is 2.21. The van der Waals surface area contributed by atoms with Crippen molar-refractivity contribution in [3.8, 4) is 5.82 Å². The normalized spacial score (nSPS) is 15.8. The summed E-state index contributed by atoms with van der Waals surface area (Å²) in [6.45, 7) is 3.00. The van der Waals surface area contributed by atoms with Gasteiger partial charge in [-0.2, -0.15) is 0 Å². The lowest BCUT2D eigenvalue weighted by atomic mass is 9.97. The number of aryl methyl sites for hydroxylation is 1. The van der Waals surface area contributed by atoms with E-state index in [2.05, 4.69) is 20.6 Å². The van der Waals surface area contributed by atoms with Crippen LogP contribution in [-0.4, -0.2) is 44.5 Å². The van der Waals surface area contributed by atoms with Gasteiger partial charge in [-0.3, -0.25) is 9.36 Å². The molecule has 1 saturated heterocycles. The number of para-hydroxylation sites is 2. The number of amides is 3. The Morgan fingerprint density at radius 2 is 1.85 bits per heavy atom. The second-order valence-corrected chi connectivity index (χ2v) is 8.58. The number of rotatable bonds is 4. The Morgan fingerprint density at radius 3 is 2.68 bits per heavy atom. The van der Waals surface area contributed by atoms with Gasteiger partial charge in [0.15, 0.2) is 0 Å². The molecule has 1 atom stereocenters. The molecule has 3 heterocycles. The molecule has 0 bridgehead atoms. The van der Waals surface area contributed by atoms with Crippen molar-refractivity contribution in [2.75, 3.05) is 23.7 Å². The number of likely N-dealkylation sites (tertiary alicyclic amines) is 1. The molecule has 5 rings (SSSR count). The predicted octanol–water partition coefficient (Wildman–Crippen LogP) is 4.61. The summed E-state index contributed by atoms with van der Waals surface area (Å²) in [5.74, 6) is 0.355. The molecule has 0 spiro atoms. The number of imidazole rings is 1. The number of piperidine rings is 1. The fraction of sp³-hybridized carbons (Fsp3) is 0.231. The van der Waals surface area contributed by atoms with Gasteiger partial charge in [0.05, 0.1) is 28.8 Å². The van der Waals surface area contributed by atoms with E-state index in [1.807, 2.05) is 72.2 Å². The summed E-state index contributed by atoms with van der Waals surface area (Å²) < 4.78 is 1.91. The highest BCUT2D eigenvalue weighted by molar-refractivity contribution is 5.94. The Balaban J connectivity index is 1.21. The van der Waals surface area contributed by atoms with Gasteiger partial charge in [-0.05, 0) is 61.7 Å². The van der Waals surface area contributed by atoms with Crippen LogP contribution in [0.1, 0.15) is 18.4 Å². The van der Waals surface area contributed by atoms with Crippen molar-refractivity contribution in [1.29, 1.82) is 0 Å². The Hall–Kier alpha value is -4.20. The van der Waals surface area contributed by atoms with Crippen LogP contribution in [-0.2, 0) is 4.79 Å². The number of nitrogens with one attached hydrogen (secondary N) is 2. The zero-order valence-corrected chi connectivity index (χ0v) is 18.9. The van der Waals surface area contributed by atoms with Crippen LogP contribution >= 0.6 is 0 Å². The van der Waals surface area contributed by atoms with E-state index in [4.69, 9.17) is 0 Å². The Labute approximate surface area is 197 Å². The minimum atomic E-state index is -0.269. The molecule has 8 heteroatoms. The van der Waals surface area contributed by atoms with Crippen molar-refractivity contribution in [2.45, 2.75) is 19.8 Å². The number of urea groups is 1. The summed E-state index contributed by atoms with van der Waals surface area (Å²) in [6.07, 6.45) is 4.91. The Kier molecular flexibility index (Phi) is 5.95. The molecule has 172 valence electrons. The van der Waals surface area contributed by atoms with Gasteiger partial charge in [0.2, 0.25) is 5.91 Å². The minimum absolute atomic E-state index is 0.101. The molecule has 1 unspecified atom stereocenters. The summed E-state index contributed by atoms with van der Waals surface area (Å²) in [5, 5.41) is 5.88. The second-order valence-electron chi connectivity index (χ2n) is 8.58. The van der Waals surface area contributed by atoms with E-state index in [1.54, 1.807) is 17.4 Å². The number of pyridine rings is 1. The molecule has 1 fully saturated rings. The molecular formula is C26H26N6O2. The van der Waals surface area contributed by atoms with Crippen LogP contribution in [0.3, 0.4) is 0 Å². The van der Waals surface area contributed by atoms with Crippen LogP contribution in [0.2, 0.25) is 0 Å². The predicted molar refractivity (Wildman–Crippen MR) is 132 cm³/mol. The van der Waals surface area contributed by atoms with Crippen LogP contribution in [0, 0.1) is 12.8 Å². The first-order valence-corrected chi connectivity index (χ1v) is 11.4. The first-order chi connectivity index (χ1) is 16.6. The molecule has 1 aliphatic heterocycles. The van der Waals surface area contributed by atoms with Gasteiger partial charge in [-0.15, -0.1) is 0 Å². The van der Waals surface area contributed by atoms with Crippen LogP contribution in [0.4, 0.5) is 16.2 Å². The second kappa shape index (κ2) is 9.35. The third kappa shape index (κ3) is 4.61. The molecule has 0 saturated carbocycles. The molecular weight excluding hydrogens is 428 g/mol. The quantitative estimate of drug-likeness (QED) is 0.471. The molecule has 1 aliphatic rings. The van der Waals surface area contributed by atoms with Gasteiger partial charge in [-0.25, -0.2) is 14.8 Å². The molecule has 8 nitrogen and oxygen atoms in total. The van der Waals surface area contributed by atoms with E-state index < -0.39 is 0 Å². The van der Waals surface area contributed by atoms with E-state index in [9.17, 15) is 9.59 Å².